The Labute approximate surface area is 190 Å². The number of aliphatic imine (C=N–C) groups is 1. The van der Waals surface area contributed by atoms with Gasteiger partial charge in [0.25, 0.3) is 0 Å². The summed E-state index contributed by atoms with van der Waals surface area (Å²) in [4.78, 5) is 12.1. The molecule has 32 heavy (non-hydrogen) atoms. The predicted octanol–water partition coefficient (Wildman–Crippen LogP) is 2.44. The van der Waals surface area contributed by atoms with Gasteiger partial charge in [0.1, 0.15) is 5.82 Å². The lowest BCUT2D eigenvalue weighted by Gasteiger charge is -2.41. The van der Waals surface area contributed by atoms with Gasteiger partial charge < -0.3 is 19.8 Å². The molecule has 176 valence electrons. The van der Waals surface area contributed by atoms with E-state index in [0.717, 1.165) is 70.7 Å². The first-order valence-electron chi connectivity index (χ1n) is 12.0. The summed E-state index contributed by atoms with van der Waals surface area (Å²) in [6, 6.07) is 3.70. The Morgan fingerprint density at radius 3 is 2.81 bits per heavy atom. The quantitative estimate of drug-likeness (QED) is 0.404. The Hall–Kier alpha value is -2.39. The van der Waals surface area contributed by atoms with Crippen LogP contribution < -0.4 is 10.6 Å². The number of furan rings is 1. The van der Waals surface area contributed by atoms with E-state index in [-0.39, 0.29) is 5.41 Å². The third-order valence-electron chi connectivity index (χ3n) is 6.42. The fourth-order valence-corrected chi connectivity index (χ4v) is 4.71. The number of aromatic nitrogens is 3. The summed E-state index contributed by atoms with van der Waals surface area (Å²) < 4.78 is 10.9. The van der Waals surface area contributed by atoms with Gasteiger partial charge in [0.05, 0.1) is 19.5 Å². The average molecular weight is 444 g/mol. The molecule has 0 radical (unpaired) electrons. The number of ether oxygens (including phenoxy) is 1. The zero-order valence-corrected chi connectivity index (χ0v) is 19.2. The molecule has 0 unspecified atom stereocenters. The van der Waals surface area contributed by atoms with Gasteiger partial charge in [0.15, 0.2) is 11.7 Å². The van der Waals surface area contributed by atoms with Crippen LogP contribution in [0.5, 0.6) is 0 Å². The van der Waals surface area contributed by atoms with E-state index in [1.165, 1.54) is 32.1 Å². The fourth-order valence-electron chi connectivity index (χ4n) is 4.71. The first-order chi connectivity index (χ1) is 15.8. The Kier molecular flexibility index (Phi) is 8.17. The van der Waals surface area contributed by atoms with Gasteiger partial charge in [-0.25, -0.2) is 4.98 Å². The maximum absolute atomic E-state index is 5.55. The molecular weight excluding hydrogens is 406 g/mol. The summed E-state index contributed by atoms with van der Waals surface area (Å²) >= 11 is 0. The maximum atomic E-state index is 5.55. The van der Waals surface area contributed by atoms with Gasteiger partial charge in [-0.15, -0.1) is 0 Å². The Morgan fingerprint density at radius 1 is 1.22 bits per heavy atom. The number of H-pyrrole nitrogens is 1. The molecule has 9 nitrogen and oxygen atoms in total. The highest BCUT2D eigenvalue weighted by molar-refractivity contribution is 5.79. The van der Waals surface area contributed by atoms with E-state index in [2.05, 4.69) is 37.6 Å². The van der Waals surface area contributed by atoms with Crippen molar-refractivity contribution in [3.05, 3.63) is 24.2 Å². The molecule has 2 aromatic rings. The Bertz CT molecular complexity index is 821. The molecule has 2 aliphatic rings. The second-order valence-electron chi connectivity index (χ2n) is 8.90. The molecular formula is C23H37N7O2. The van der Waals surface area contributed by atoms with E-state index in [4.69, 9.17) is 14.1 Å². The number of aromatic amines is 1. The SMILES string of the molecule is CCNC(=NCC1(CN2CCOCC2)CCCCC1)NCCc1nc(-c2ccco2)n[nH]1. The minimum atomic E-state index is 0.279. The van der Waals surface area contributed by atoms with Crippen molar-refractivity contribution in [2.45, 2.75) is 45.4 Å². The summed E-state index contributed by atoms with van der Waals surface area (Å²) in [5.74, 6) is 2.97. The highest BCUT2D eigenvalue weighted by Gasteiger charge is 2.34. The van der Waals surface area contributed by atoms with Gasteiger partial charge in [0.2, 0.25) is 5.82 Å². The minimum Gasteiger partial charge on any atom is -0.461 e. The van der Waals surface area contributed by atoms with Crippen LogP contribution in [0, 0.1) is 5.41 Å². The monoisotopic (exact) mass is 443 g/mol. The van der Waals surface area contributed by atoms with Crippen LogP contribution in [0.2, 0.25) is 0 Å². The van der Waals surface area contributed by atoms with Crippen molar-refractivity contribution in [3.8, 4) is 11.6 Å². The van der Waals surface area contributed by atoms with Gasteiger partial charge >= 0.3 is 0 Å². The summed E-state index contributed by atoms with van der Waals surface area (Å²) in [5.41, 5.74) is 0.279. The zero-order chi connectivity index (χ0) is 22.1. The Balaban J connectivity index is 1.32. The normalized spacial score (nSPS) is 19.7. The predicted molar refractivity (Wildman–Crippen MR) is 125 cm³/mol. The molecule has 2 fully saturated rings. The van der Waals surface area contributed by atoms with Crippen LogP contribution in [0.1, 0.15) is 44.9 Å². The summed E-state index contributed by atoms with van der Waals surface area (Å²) in [7, 11) is 0. The summed E-state index contributed by atoms with van der Waals surface area (Å²) in [6.45, 7) is 9.47. The lowest BCUT2D eigenvalue weighted by Crippen LogP contribution is -2.46. The van der Waals surface area contributed by atoms with Gasteiger partial charge in [-0.3, -0.25) is 15.0 Å². The third-order valence-corrected chi connectivity index (χ3v) is 6.42. The second-order valence-corrected chi connectivity index (χ2v) is 8.90. The van der Waals surface area contributed by atoms with Crippen molar-refractivity contribution in [3.63, 3.8) is 0 Å². The van der Waals surface area contributed by atoms with Crippen LogP contribution in [0.25, 0.3) is 11.6 Å². The topological polar surface area (TPSA) is 104 Å². The molecule has 2 aromatic heterocycles. The lowest BCUT2D eigenvalue weighted by molar-refractivity contribution is 0.00937. The molecule has 9 heteroatoms. The lowest BCUT2D eigenvalue weighted by atomic mass is 9.73. The van der Waals surface area contributed by atoms with Crippen LogP contribution >= 0.6 is 0 Å². The molecule has 0 aromatic carbocycles. The maximum Gasteiger partial charge on any atom is 0.216 e. The van der Waals surface area contributed by atoms with Gasteiger partial charge in [-0.05, 0) is 31.9 Å². The van der Waals surface area contributed by atoms with Crippen LogP contribution in [-0.2, 0) is 11.2 Å². The largest absolute Gasteiger partial charge is 0.461 e. The van der Waals surface area contributed by atoms with Crippen LogP contribution in [-0.4, -0.2) is 78.5 Å². The first kappa shape index (κ1) is 22.8. The Morgan fingerprint density at radius 2 is 2.06 bits per heavy atom. The van der Waals surface area contributed by atoms with E-state index < -0.39 is 0 Å². The number of hydrogen-bond donors (Lipinski definition) is 3. The number of nitrogens with one attached hydrogen (secondary N) is 3. The van der Waals surface area contributed by atoms with Crippen molar-refractivity contribution < 1.29 is 9.15 Å². The molecule has 1 aliphatic carbocycles. The van der Waals surface area contributed by atoms with Crippen molar-refractivity contribution in [1.29, 1.82) is 0 Å². The van der Waals surface area contributed by atoms with Gasteiger partial charge in [-0.2, -0.15) is 5.10 Å². The molecule has 1 aliphatic heterocycles. The number of guanidine groups is 1. The smallest absolute Gasteiger partial charge is 0.216 e. The first-order valence-corrected chi connectivity index (χ1v) is 12.0. The van der Waals surface area contributed by atoms with Gasteiger partial charge in [0, 0.05) is 51.1 Å². The molecule has 0 atom stereocenters. The number of nitrogens with zero attached hydrogens (tertiary/aromatic N) is 4. The molecule has 0 amide bonds. The van der Waals surface area contributed by atoms with Gasteiger partial charge in [-0.1, -0.05) is 19.3 Å². The fraction of sp³-hybridized carbons (Fsp3) is 0.696. The number of morpholine rings is 1. The minimum absolute atomic E-state index is 0.279. The van der Waals surface area contributed by atoms with E-state index in [9.17, 15) is 0 Å². The zero-order valence-electron chi connectivity index (χ0n) is 19.2. The van der Waals surface area contributed by atoms with Crippen molar-refractivity contribution in [1.82, 2.24) is 30.7 Å². The van der Waals surface area contributed by atoms with Crippen molar-refractivity contribution in [2.24, 2.45) is 10.4 Å². The number of rotatable bonds is 9. The summed E-state index contributed by atoms with van der Waals surface area (Å²) in [5, 5.41) is 14.1. The molecule has 1 saturated carbocycles. The second kappa shape index (κ2) is 11.5. The molecule has 3 heterocycles. The molecule has 0 bridgehead atoms. The molecule has 0 spiro atoms. The number of hydrogen-bond acceptors (Lipinski definition) is 6. The standard InChI is InChI=1S/C23H37N7O2/c1-2-24-22(25-11-8-20-27-21(29-28-20)19-7-6-14-32-19)26-17-23(9-4-3-5-10-23)18-30-12-15-31-16-13-30/h6-7,14H,2-5,8-13,15-18H2,1H3,(H2,24,25,26)(H,27,28,29). The highest BCUT2D eigenvalue weighted by Crippen LogP contribution is 2.37. The van der Waals surface area contributed by atoms with E-state index in [1.807, 2.05) is 12.1 Å². The molecule has 1 saturated heterocycles. The van der Waals surface area contributed by atoms with E-state index in [0.29, 0.717) is 11.6 Å². The van der Waals surface area contributed by atoms with E-state index >= 15 is 0 Å². The highest BCUT2D eigenvalue weighted by atomic mass is 16.5. The summed E-state index contributed by atoms with van der Waals surface area (Å²) in [6.07, 6.45) is 8.87. The molecule has 3 N–H and O–H groups in total. The molecule has 4 rings (SSSR count). The average Bonchev–Trinajstić information content (AvgIpc) is 3.51. The van der Waals surface area contributed by atoms with Crippen molar-refractivity contribution in [2.75, 3.05) is 52.5 Å². The van der Waals surface area contributed by atoms with E-state index in [1.54, 1.807) is 6.26 Å². The van der Waals surface area contributed by atoms with Crippen LogP contribution in [0.15, 0.2) is 27.8 Å². The van der Waals surface area contributed by atoms with Crippen molar-refractivity contribution >= 4 is 5.96 Å². The van der Waals surface area contributed by atoms with Crippen LogP contribution in [0.4, 0.5) is 0 Å². The van der Waals surface area contributed by atoms with Crippen LogP contribution in [0.3, 0.4) is 0 Å². The third kappa shape index (κ3) is 6.32.